The Bertz CT molecular complexity index is 965. The van der Waals surface area contributed by atoms with Gasteiger partial charge in [0.15, 0.2) is 11.6 Å². The summed E-state index contributed by atoms with van der Waals surface area (Å²) in [6, 6.07) is 9.17. The number of carboxylic acid groups (broad SMARTS) is 1. The minimum atomic E-state index is -1.04. The highest BCUT2D eigenvalue weighted by Crippen LogP contribution is 2.48. The number of aliphatic hydroxyl groups excluding tert-OH is 1. The molecular formula is C22H22FNO7. The van der Waals surface area contributed by atoms with E-state index in [0.29, 0.717) is 16.9 Å². The molecule has 9 heteroatoms. The van der Waals surface area contributed by atoms with Gasteiger partial charge in [-0.25, -0.2) is 4.39 Å². The van der Waals surface area contributed by atoms with Crippen LogP contribution in [-0.4, -0.2) is 60.5 Å². The number of nitrogens with zero attached hydrogens (tertiary/aromatic N) is 1. The number of carboxylic acids is 1. The lowest BCUT2D eigenvalue weighted by molar-refractivity contribution is -0.143. The van der Waals surface area contributed by atoms with E-state index >= 15 is 0 Å². The zero-order chi connectivity index (χ0) is 22.0. The van der Waals surface area contributed by atoms with E-state index in [1.807, 2.05) is 0 Å². The van der Waals surface area contributed by atoms with Gasteiger partial charge >= 0.3 is 5.97 Å². The summed E-state index contributed by atoms with van der Waals surface area (Å²) < 4.78 is 30.3. The van der Waals surface area contributed by atoms with E-state index in [1.54, 1.807) is 35.2 Å². The molecule has 2 aromatic carbocycles. The van der Waals surface area contributed by atoms with Gasteiger partial charge < -0.3 is 29.2 Å². The van der Waals surface area contributed by atoms with E-state index in [2.05, 4.69) is 0 Å². The summed E-state index contributed by atoms with van der Waals surface area (Å²) in [4.78, 5) is 25.4. The summed E-state index contributed by atoms with van der Waals surface area (Å²) in [5.74, 6) is -2.31. The molecule has 31 heavy (non-hydrogen) atoms. The van der Waals surface area contributed by atoms with Crippen LogP contribution in [0.1, 0.15) is 23.1 Å². The second kappa shape index (κ2) is 8.91. The maximum Gasteiger partial charge on any atom is 0.309 e. The number of aliphatic hydroxyl groups is 1. The molecule has 2 heterocycles. The molecule has 0 aliphatic carbocycles. The van der Waals surface area contributed by atoms with Crippen LogP contribution >= 0.6 is 0 Å². The number of fused-ring (bicyclic) bond motifs is 1. The van der Waals surface area contributed by atoms with Crippen LogP contribution in [0.15, 0.2) is 36.4 Å². The van der Waals surface area contributed by atoms with Crippen molar-refractivity contribution in [3.63, 3.8) is 0 Å². The molecule has 0 amide bonds. The van der Waals surface area contributed by atoms with Crippen molar-refractivity contribution in [1.82, 2.24) is 4.90 Å². The van der Waals surface area contributed by atoms with Crippen LogP contribution in [-0.2, 0) is 9.59 Å². The van der Waals surface area contributed by atoms with Crippen LogP contribution in [0.4, 0.5) is 4.39 Å². The van der Waals surface area contributed by atoms with Crippen molar-refractivity contribution in [1.29, 1.82) is 0 Å². The van der Waals surface area contributed by atoms with Crippen LogP contribution in [0.2, 0.25) is 0 Å². The minimum Gasteiger partial charge on any atom is -0.491 e. The molecule has 1 fully saturated rings. The molecule has 2 aliphatic rings. The molecule has 0 spiro atoms. The van der Waals surface area contributed by atoms with Gasteiger partial charge in [0, 0.05) is 18.5 Å². The molecule has 0 aromatic heterocycles. The average Bonchev–Trinajstić information content (AvgIpc) is 3.38. The second-order valence-corrected chi connectivity index (χ2v) is 7.41. The van der Waals surface area contributed by atoms with E-state index in [9.17, 15) is 19.1 Å². The molecule has 3 atom stereocenters. The zero-order valence-corrected chi connectivity index (χ0v) is 16.6. The second-order valence-electron chi connectivity index (χ2n) is 7.41. The van der Waals surface area contributed by atoms with Crippen LogP contribution in [0.3, 0.4) is 0 Å². The van der Waals surface area contributed by atoms with Crippen LogP contribution in [0, 0.1) is 11.7 Å². The van der Waals surface area contributed by atoms with Crippen molar-refractivity contribution in [2.45, 2.75) is 12.0 Å². The maximum absolute atomic E-state index is 14.5. The number of carbonyl (C=O) groups excluding carboxylic acids is 1. The predicted molar refractivity (Wildman–Crippen MR) is 106 cm³/mol. The molecule has 0 bridgehead atoms. The Morgan fingerprint density at radius 3 is 2.68 bits per heavy atom. The first-order valence-corrected chi connectivity index (χ1v) is 9.86. The van der Waals surface area contributed by atoms with Gasteiger partial charge in [-0.05, 0) is 35.4 Å². The van der Waals surface area contributed by atoms with Crippen molar-refractivity contribution in [2.24, 2.45) is 5.92 Å². The van der Waals surface area contributed by atoms with Gasteiger partial charge in [-0.3, -0.25) is 9.69 Å². The van der Waals surface area contributed by atoms with Gasteiger partial charge in [0.2, 0.25) is 12.5 Å². The summed E-state index contributed by atoms with van der Waals surface area (Å²) in [7, 11) is 0. The largest absolute Gasteiger partial charge is 0.491 e. The van der Waals surface area contributed by atoms with Crippen LogP contribution in [0.25, 0.3) is 0 Å². The van der Waals surface area contributed by atoms with Crippen molar-refractivity contribution in [3.05, 3.63) is 53.3 Å². The Balaban J connectivity index is 1.70. The third-order valence-electron chi connectivity index (χ3n) is 5.65. The van der Waals surface area contributed by atoms with Gasteiger partial charge in [0.1, 0.15) is 18.6 Å². The highest BCUT2D eigenvalue weighted by Gasteiger charge is 2.47. The SMILES string of the molecule is O=CCN1C[C@H](c2cc(F)c3c(c2)OCO3)[C@@H](C(=O)O)[C@@H]1c1ccc(OCCO)cc1. The fourth-order valence-corrected chi connectivity index (χ4v) is 4.37. The van der Waals surface area contributed by atoms with Crippen LogP contribution < -0.4 is 14.2 Å². The number of benzene rings is 2. The molecule has 0 unspecified atom stereocenters. The summed E-state index contributed by atoms with van der Waals surface area (Å²) in [5.41, 5.74) is 1.18. The maximum atomic E-state index is 14.5. The topological polar surface area (TPSA) is 106 Å². The fourth-order valence-electron chi connectivity index (χ4n) is 4.37. The highest BCUT2D eigenvalue weighted by atomic mass is 19.1. The lowest BCUT2D eigenvalue weighted by Gasteiger charge is -2.26. The average molecular weight is 431 g/mol. The predicted octanol–water partition coefficient (Wildman–Crippen LogP) is 1.97. The van der Waals surface area contributed by atoms with E-state index in [4.69, 9.17) is 19.3 Å². The minimum absolute atomic E-state index is 0.0217. The molecule has 2 aliphatic heterocycles. The lowest BCUT2D eigenvalue weighted by Crippen LogP contribution is -2.30. The first-order valence-electron chi connectivity index (χ1n) is 9.86. The summed E-state index contributed by atoms with van der Waals surface area (Å²) in [5, 5.41) is 19.0. The van der Waals surface area contributed by atoms with Gasteiger partial charge in [-0.1, -0.05) is 12.1 Å². The number of ether oxygens (including phenoxy) is 3. The lowest BCUT2D eigenvalue weighted by atomic mass is 9.82. The van der Waals surface area contributed by atoms with E-state index in [-0.39, 0.29) is 44.6 Å². The zero-order valence-electron chi connectivity index (χ0n) is 16.6. The quantitative estimate of drug-likeness (QED) is 0.612. The van der Waals surface area contributed by atoms with Crippen molar-refractivity contribution < 1.29 is 38.4 Å². The smallest absolute Gasteiger partial charge is 0.309 e. The number of aliphatic carboxylic acids is 1. The van der Waals surface area contributed by atoms with E-state index in [1.165, 1.54) is 6.07 Å². The van der Waals surface area contributed by atoms with Gasteiger partial charge in [-0.15, -0.1) is 0 Å². The van der Waals surface area contributed by atoms with E-state index < -0.39 is 29.7 Å². The normalized spacial score (nSPS) is 22.5. The van der Waals surface area contributed by atoms with Gasteiger partial charge in [0.05, 0.1) is 19.1 Å². The first kappa shape index (κ1) is 21.1. The summed E-state index contributed by atoms with van der Waals surface area (Å²) in [6.45, 7) is 0.248. The number of halogens is 1. The fraction of sp³-hybridized carbons (Fsp3) is 0.364. The van der Waals surface area contributed by atoms with E-state index in [0.717, 1.165) is 6.29 Å². The van der Waals surface area contributed by atoms with Crippen molar-refractivity contribution >= 4 is 12.3 Å². The number of likely N-dealkylation sites (tertiary alicyclic amines) is 1. The molecule has 164 valence electrons. The van der Waals surface area contributed by atoms with Crippen molar-refractivity contribution in [2.75, 3.05) is 33.1 Å². The van der Waals surface area contributed by atoms with Gasteiger partial charge in [0.25, 0.3) is 0 Å². The molecular weight excluding hydrogens is 409 g/mol. The standard InChI is InChI=1S/C22H22FNO7/c23-17-9-14(10-18-21(17)31-12-30-18)16-11-24(5-6-25)20(19(16)22(27)28)13-1-3-15(4-2-13)29-8-7-26/h1-4,6,9-10,16,19-20,26H,5,7-8,11-12H2,(H,27,28)/t16-,19-,20+/m1/s1. The van der Waals surface area contributed by atoms with Crippen molar-refractivity contribution in [3.8, 4) is 17.2 Å². The third-order valence-corrected chi connectivity index (χ3v) is 5.65. The third kappa shape index (κ3) is 4.06. The Morgan fingerprint density at radius 1 is 1.23 bits per heavy atom. The summed E-state index contributed by atoms with van der Waals surface area (Å²) in [6.07, 6.45) is 0.729. The Kier molecular flexibility index (Phi) is 6.06. The Labute approximate surface area is 177 Å². The Morgan fingerprint density at radius 2 is 2.00 bits per heavy atom. The molecule has 0 saturated carbocycles. The van der Waals surface area contributed by atoms with Gasteiger partial charge in [-0.2, -0.15) is 0 Å². The van der Waals surface area contributed by atoms with Crippen LogP contribution in [0.5, 0.6) is 17.2 Å². The molecule has 2 N–H and O–H groups in total. The molecule has 2 aromatic rings. The first-order chi connectivity index (χ1) is 15.0. The number of hydrogen-bond acceptors (Lipinski definition) is 7. The molecule has 0 radical (unpaired) electrons. The number of rotatable bonds is 8. The molecule has 8 nitrogen and oxygen atoms in total. The Hall–Kier alpha value is -3.17. The number of hydrogen-bond donors (Lipinski definition) is 2. The molecule has 4 rings (SSSR count). The number of aldehydes is 1. The summed E-state index contributed by atoms with van der Waals surface area (Å²) >= 11 is 0. The monoisotopic (exact) mass is 431 g/mol. The highest BCUT2D eigenvalue weighted by molar-refractivity contribution is 5.74. The number of carbonyl (C=O) groups is 2. The molecule has 1 saturated heterocycles.